The lowest BCUT2D eigenvalue weighted by molar-refractivity contribution is -0.121. The number of hydrogen-bond acceptors (Lipinski definition) is 3. The van der Waals surface area contributed by atoms with E-state index in [4.69, 9.17) is 10.5 Å². The summed E-state index contributed by atoms with van der Waals surface area (Å²) in [5, 5.41) is 2.82. The average Bonchev–Trinajstić information content (AvgIpc) is 2.01. The van der Waals surface area contributed by atoms with E-state index in [0.717, 1.165) is 6.42 Å². The molecule has 0 heterocycles. The van der Waals surface area contributed by atoms with Gasteiger partial charge in [0.15, 0.2) is 0 Å². The molecule has 12 heavy (non-hydrogen) atoms. The molecule has 0 fully saturated rings. The first-order chi connectivity index (χ1) is 5.70. The quantitative estimate of drug-likeness (QED) is 0.590. The average molecular weight is 174 g/mol. The standard InChI is InChI=1S/C8H18N2O2/c1-7(4-6-12-2)10-8(11)3-5-9/h7H,3-6,9H2,1-2H3,(H,10,11). The van der Waals surface area contributed by atoms with Crippen molar-refractivity contribution in [2.45, 2.75) is 25.8 Å². The van der Waals surface area contributed by atoms with Crippen molar-refractivity contribution in [3.05, 3.63) is 0 Å². The Bertz CT molecular complexity index is 128. The maximum absolute atomic E-state index is 11.0. The number of methoxy groups -OCH3 is 1. The smallest absolute Gasteiger partial charge is 0.221 e. The van der Waals surface area contributed by atoms with Crippen molar-refractivity contribution >= 4 is 5.91 Å². The van der Waals surface area contributed by atoms with E-state index in [1.165, 1.54) is 0 Å². The summed E-state index contributed by atoms with van der Waals surface area (Å²) in [5.74, 6) is 0.0149. The molecule has 0 aliphatic carbocycles. The Morgan fingerprint density at radius 2 is 2.33 bits per heavy atom. The van der Waals surface area contributed by atoms with Gasteiger partial charge in [-0.05, 0) is 13.3 Å². The third-order valence-electron chi connectivity index (χ3n) is 1.53. The molecule has 0 aromatic rings. The topological polar surface area (TPSA) is 64.3 Å². The predicted octanol–water partition coefficient (Wildman–Crippen LogP) is -0.124. The van der Waals surface area contributed by atoms with Crippen molar-refractivity contribution in [3.8, 4) is 0 Å². The molecule has 72 valence electrons. The van der Waals surface area contributed by atoms with Crippen LogP contribution in [-0.2, 0) is 9.53 Å². The van der Waals surface area contributed by atoms with Gasteiger partial charge in [-0.2, -0.15) is 0 Å². The number of nitrogens with one attached hydrogen (secondary N) is 1. The van der Waals surface area contributed by atoms with Crippen LogP contribution in [0.1, 0.15) is 19.8 Å². The van der Waals surface area contributed by atoms with Crippen molar-refractivity contribution in [1.29, 1.82) is 0 Å². The van der Waals surface area contributed by atoms with E-state index in [1.807, 2.05) is 6.92 Å². The van der Waals surface area contributed by atoms with Gasteiger partial charge in [0, 0.05) is 32.7 Å². The van der Waals surface area contributed by atoms with Gasteiger partial charge in [0.05, 0.1) is 0 Å². The highest BCUT2D eigenvalue weighted by Crippen LogP contribution is 1.91. The molecule has 0 aliphatic heterocycles. The second kappa shape index (κ2) is 7.06. The molecule has 3 N–H and O–H groups in total. The van der Waals surface area contributed by atoms with Crippen LogP contribution in [0.3, 0.4) is 0 Å². The maximum Gasteiger partial charge on any atom is 0.221 e. The highest BCUT2D eigenvalue weighted by Gasteiger charge is 2.04. The molecule has 0 aliphatic rings. The van der Waals surface area contributed by atoms with E-state index in [-0.39, 0.29) is 11.9 Å². The fourth-order valence-electron chi connectivity index (χ4n) is 0.845. The second-order valence-corrected chi connectivity index (χ2v) is 2.79. The second-order valence-electron chi connectivity index (χ2n) is 2.79. The molecule has 0 rings (SSSR count). The number of hydrogen-bond donors (Lipinski definition) is 2. The van der Waals surface area contributed by atoms with Crippen molar-refractivity contribution < 1.29 is 9.53 Å². The Morgan fingerprint density at radius 3 is 2.83 bits per heavy atom. The molecule has 1 amide bonds. The molecule has 0 saturated carbocycles. The van der Waals surface area contributed by atoms with E-state index in [9.17, 15) is 4.79 Å². The molecule has 0 bridgehead atoms. The van der Waals surface area contributed by atoms with Crippen molar-refractivity contribution in [2.24, 2.45) is 5.73 Å². The Kier molecular flexibility index (Phi) is 6.70. The lowest BCUT2D eigenvalue weighted by Crippen LogP contribution is -2.34. The molecule has 0 aromatic heterocycles. The monoisotopic (exact) mass is 174 g/mol. The first-order valence-corrected chi connectivity index (χ1v) is 4.19. The Hall–Kier alpha value is -0.610. The van der Waals surface area contributed by atoms with Gasteiger partial charge < -0.3 is 15.8 Å². The first kappa shape index (κ1) is 11.4. The maximum atomic E-state index is 11.0. The normalized spacial score (nSPS) is 12.6. The SMILES string of the molecule is COCCC(C)NC(=O)CCN. The molecule has 1 atom stereocenters. The molecule has 4 nitrogen and oxygen atoms in total. The highest BCUT2D eigenvalue weighted by atomic mass is 16.5. The Labute approximate surface area is 73.5 Å². The van der Waals surface area contributed by atoms with Crippen LogP contribution >= 0.6 is 0 Å². The van der Waals surface area contributed by atoms with Gasteiger partial charge in [-0.1, -0.05) is 0 Å². The van der Waals surface area contributed by atoms with Crippen molar-refractivity contribution in [2.75, 3.05) is 20.3 Å². The molecular weight excluding hydrogens is 156 g/mol. The third-order valence-corrected chi connectivity index (χ3v) is 1.53. The number of amides is 1. The first-order valence-electron chi connectivity index (χ1n) is 4.19. The summed E-state index contributed by atoms with van der Waals surface area (Å²) in [6.07, 6.45) is 1.24. The molecule has 0 aromatic carbocycles. The molecule has 1 unspecified atom stereocenters. The highest BCUT2D eigenvalue weighted by molar-refractivity contribution is 5.76. The minimum atomic E-state index is 0.0149. The zero-order chi connectivity index (χ0) is 9.40. The van der Waals surface area contributed by atoms with Crippen molar-refractivity contribution in [3.63, 3.8) is 0 Å². The number of nitrogens with two attached hydrogens (primary N) is 1. The zero-order valence-electron chi connectivity index (χ0n) is 7.80. The third kappa shape index (κ3) is 6.12. The summed E-state index contributed by atoms with van der Waals surface area (Å²) in [5.41, 5.74) is 5.22. The largest absolute Gasteiger partial charge is 0.385 e. The van der Waals surface area contributed by atoms with E-state index < -0.39 is 0 Å². The van der Waals surface area contributed by atoms with E-state index >= 15 is 0 Å². The van der Waals surface area contributed by atoms with Gasteiger partial charge in [-0.3, -0.25) is 4.79 Å². The van der Waals surface area contributed by atoms with Crippen LogP contribution in [0.4, 0.5) is 0 Å². The summed E-state index contributed by atoms with van der Waals surface area (Å²) < 4.78 is 4.88. The van der Waals surface area contributed by atoms with Crippen LogP contribution in [-0.4, -0.2) is 32.2 Å². The van der Waals surface area contributed by atoms with Crippen LogP contribution < -0.4 is 11.1 Å². The van der Waals surface area contributed by atoms with Gasteiger partial charge >= 0.3 is 0 Å². The van der Waals surface area contributed by atoms with Crippen LogP contribution in [0.2, 0.25) is 0 Å². The summed E-state index contributed by atoms with van der Waals surface area (Å²) in [6.45, 7) is 3.03. The fraction of sp³-hybridized carbons (Fsp3) is 0.875. The molecule has 0 radical (unpaired) electrons. The van der Waals surface area contributed by atoms with Gasteiger partial charge in [-0.15, -0.1) is 0 Å². The Balaban J connectivity index is 3.40. The van der Waals surface area contributed by atoms with Crippen LogP contribution in [0.5, 0.6) is 0 Å². The van der Waals surface area contributed by atoms with E-state index in [2.05, 4.69) is 5.32 Å². The minimum Gasteiger partial charge on any atom is -0.385 e. The summed E-state index contributed by atoms with van der Waals surface area (Å²) in [6, 6.07) is 0.170. The van der Waals surface area contributed by atoms with Gasteiger partial charge in [0.2, 0.25) is 5.91 Å². The number of carbonyl (C=O) groups is 1. The van der Waals surface area contributed by atoms with Crippen molar-refractivity contribution in [1.82, 2.24) is 5.32 Å². The Morgan fingerprint density at radius 1 is 1.67 bits per heavy atom. The summed E-state index contributed by atoms with van der Waals surface area (Å²) in [4.78, 5) is 11.0. The molecule has 0 saturated heterocycles. The summed E-state index contributed by atoms with van der Waals surface area (Å²) in [7, 11) is 1.65. The molecular formula is C8H18N2O2. The fourth-order valence-corrected chi connectivity index (χ4v) is 0.845. The molecule has 0 spiro atoms. The number of ether oxygens (including phenoxy) is 1. The zero-order valence-corrected chi connectivity index (χ0v) is 7.80. The van der Waals surface area contributed by atoms with Crippen LogP contribution in [0.25, 0.3) is 0 Å². The van der Waals surface area contributed by atoms with Gasteiger partial charge in [-0.25, -0.2) is 0 Å². The predicted molar refractivity (Wildman–Crippen MR) is 47.8 cm³/mol. The minimum absolute atomic E-state index is 0.0149. The summed E-state index contributed by atoms with van der Waals surface area (Å²) >= 11 is 0. The van der Waals surface area contributed by atoms with Gasteiger partial charge in [0.25, 0.3) is 0 Å². The lowest BCUT2D eigenvalue weighted by atomic mass is 10.2. The lowest BCUT2D eigenvalue weighted by Gasteiger charge is -2.12. The van der Waals surface area contributed by atoms with E-state index in [0.29, 0.717) is 19.6 Å². The number of rotatable bonds is 6. The van der Waals surface area contributed by atoms with Crippen LogP contribution in [0, 0.1) is 0 Å². The molecule has 4 heteroatoms. The van der Waals surface area contributed by atoms with Gasteiger partial charge in [0.1, 0.15) is 0 Å². The van der Waals surface area contributed by atoms with Crippen LogP contribution in [0.15, 0.2) is 0 Å². The van der Waals surface area contributed by atoms with E-state index in [1.54, 1.807) is 7.11 Å². The number of carbonyl (C=O) groups excluding carboxylic acids is 1.